The Hall–Kier alpha value is -2.17. The summed E-state index contributed by atoms with van der Waals surface area (Å²) in [6, 6.07) is 8.53. The summed E-state index contributed by atoms with van der Waals surface area (Å²) in [7, 11) is 1.87. The molecule has 0 bridgehead atoms. The van der Waals surface area contributed by atoms with Crippen LogP contribution in [0.1, 0.15) is 66.3 Å². The van der Waals surface area contributed by atoms with Gasteiger partial charge in [0.2, 0.25) is 0 Å². The maximum atomic E-state index is 13.6. The number of hydrogen-bond acceptors (Lipinski definition) is 2. The maximum absolute atomic E-state index is 13.6. The van der Waals surface area contributed by atoms with Crippen molar-refractivity contribution >= 4 is 5.69 Å². The monoisotopic (exact) mass is 391 g/mol. The Balaban J connectivity index is 1.83. The number of alkyl halides is 3. The molecule has 1 fully saturated rings. The Morgan fingerprint density at radius 3 is 2.43 bits per heavy atom. The summed E-state index contributed by atoms with van der Waals surface area (Å²) in [6.07, 6.45) is 0.218. The molecule has 0 aromatic heterocycles. The van der Waals surface area contributed by atoms with Gasteiger partial charge in [0.15, 0.2) is 0 Å². The van der Waals surface area contributed by atoms with Crippen molar-refractivity contribution in [3.63, 3.8) is 0 Å². The van der Waals surface area contributed by atoms with E-state index in [1.807, 2.05) is 26.1 Å². The molecule has 0 amide bonds. The minimum atomic E-state index is -4.34. The van der Waals surface area contributed by atoms with Gasteiger partial charge in [-0.15, -0.1) is 0 Å². The molecule has 0 heterocycles. The molecule has 0 aliphatic heterocycles. The molecule has 0 atom stereocenters. The first-order valence-electron chi connectivity index (χ1n) is 9.98. The molecule has 0 radical (unpaired) electrons. The predicted octanol–water partition coefficient (Wildman–Crippen LogP) is 6.85. The number of benzene rings is 2. The van der Waals surface area contributed by atoms with Gasteiger partial charge in [0.05, 0.1) is 5.56 Å². The largest absolute Gasteiger partial charge is 0.489 e. The topological polar surface area (TPSA) is 21.3 Å². The van der Waals surface area contributed by atoms with Gasteiger partial charge in [0.25, 0.3) is 0 Å². The van der Waals surface area contributed by atoms with Crippen molar-refractivity contribution in [2.45, 2.75) is 64.7 Å². The summed E-state index contributed by atoms with van der Waals surface area (Å²) in [5.41, 5.74) is 3.71. The van der Waals surface area contributed by atoms with E-state index in [0.29, 0.717) is 16.9 Å². The van der Waals surface area contributed by atoms with Gasteiger partial charge in [0, 0.05) is 12.7 Å². The van der Waals surface area contributed by atoms with E-state index in [9.17, 15) is 13.2 Å². The number of hydrogen-bond donors (Lipinski definition) is 1. The first-order valence-corrected chi connectivity index (χ1v) is 9.98. The highest BCUT2D eigenvalue weighted by molar-refractivity contribution is 5.58. The highest BCUT2D eigenvalue weighted by atomic mass is 19.4. The molecule has 152 valence electrons. The van der Waals surface area contributed by atoms with Crippen molar-refractivity contribution in [2.75, 3.05) is 12.4 Å². The van der Waals surface area contributed by atoms with Gasteiger partial charge in [-0.1, -0.05) is 31.9 Å². The fourth-order valence-corrected chi connectivity index (χ4v) is 4.27. The molecule has 0 saturated heterocycles. The highest BCUT2D eigenvalue weighted by Crippen LogP contribution is 2.42. The van der Waals surface area contributed by atoms with Gasteiger partial charge in [-0.2, -0.15) is 13.2 Å². The molecule has 1 aliphatic rings. The third-order valence-electron chi connectivity index (χ3n) is 5.78. The van der Waals surface area contributed by atoms with Crippen molar-refractivity contribution in [3.8, 4) is 5.75 Å². The zero-order chi connectivity index (χ0) is 20.3. The average Bonchev–Trinajstić information content (AvgIpc) is 3.20. The lowest BCUT2D eigenvalue weighted by Crippen LogP contribution is -2.12. The lowest BCUT2D eigenvalue weighted by molar-refractivity contribution is -0.138. The van der Waals surface area contributed by atoms with Crippen LogP contribution >= 0.6 is 0 Å². The van der Waals surface area contributed by atoms with E-state index in [1.165, 1.54) is 6.07 Å². The molecule has 2 nitrogen and oxygen atoms in total. The lowest BCUT2D eigenvalue weighted by Gasteiger charge is -2.20. The predicted molar refractivity (Wildman–Crippen MR) is 107 cm³/mol. The van der Waals surface area contributed by atoms with Gasteiger partial charge >= 0.3 is 6.18 Å². The van der Waals surface area contributed by atoms with Crippen LogP contribution in [0.4, 0.5) is 18.9 Å². The summed E-state index contributed by atoms with van der Waals surface area (Å²) in [6.45, 7) is 4.18. The first kappa shape index (κ1) is 20.6. The van der Waals surface area contributed by atoms with Crippen molar-refractivity contribution in [2.24, 2.45) is 0 Å². The SMILES string of the molecule is CCc1c(NC)ccc(OCc2ccc(C3CCCC3)c(C(F)(F)F)c2)c1C. The Bertz CT molecular complexity index is 823. The second kappa shape index (κ2) is 8.46. The molecule has 5 heteroatoms. The van der Waals surface area contributed by atoms with Crippen LogP contribution in [0.25, 0.3) is 0 Å². The van der Waals surface area contributed by atoms with Gasteiger partial charge in [-0.3, -0.25) is 0 Å². The van der Waals surface area contributed by atoms with Gasteiger partial charge in [-0.25, -0.2) is 0 Å². The van der Waals surface area contributed by atoms with Gasteiger partial charge in [-0.05, 0) is 72.6 Å². The third kappa shape index (κ3) is 4.29. The lowest BCUT2D eigenvalue weighted by atomic mass is 9.91. The van der Waals surface area contributed by atoms with E-state index in [2.05, 4.69) is 12.2 Å². The number of ether oxygens (including phenoxy) is 1. The standard InChI is InChI=1S/C23H28F3NO/c1-4-18-15(2)22(12-11-21(18)27-3)28-14-16-9-10-19(17-7-5-6-8-17)20(13-16)23(24,25)26/h9-13,17,27H,4-8,14H2,1-3H3. The zero-order valence-electron chi connectivity index (χ0n) is 16.7. The van der Waals surface area contributed by atoms with Crippen LogP contribution in [0.3, 0.4) is 0 Å². The van der Waals surface area contributed by atoms with Crippen LogP contribution in [0.15, 0.2) is 30.3 Å². The van der Waals surface area contributed by atoms with Crippen LogP contribution in [0.2, 0.25) is 0 Å². The molecule has 1 N–H and O–H groups in total. The van der Waals surface area contributed by atoms with Gasteiger partial charge in [0.1, 0.15) is 12.4 Å². The van der Waals surface area contributed by atoms with Crippen molar-refractivity contribution < 1.29 is 17.9 Å². The molecule has 1 aliphatic carbocycles. The Kier molecular flexibility index (Phi) is 6.21. The Morgan fingerprint density at radius 1 is 1.11 bits per heavy atom. The van der Waals surface area contributed by atoms with E-state index >= 15 is 0 Å². The Morgan fingerprint density at radius 2 is 1.82 bits per heavy atom. The van der Waals surface area contributed by atoms with E-state index in [0.717, 1.165) is 48.9 Å². The van der Waals surface area contributed by atoms with E-state index in [4.69, 9.17) is 4.74 Å². The van der Waals surface area contributed by atoms with Crippen LogP contribution in [-0.2, 0) is 19.2 Å². The van der Waals surface area contributed by atoms with Crippen molar-refractivity contribution in [1.29, 1.82) is 0 Å². The molecular weight excluding hydrogens is 363 g/mol. The summed E-state index contributed by atoms with van der Waals surface area (Å²) in [5, 5.41) is 3.16. The van der Waals surface area contributed by atoms with Gasteiger partial charge < -0.3 is 10.1 Å². The second-order valence-corrected chi connectivity index (χ2v) is 7.51. The Labute approximate surface area is 165 Å². The highest BCUT2D eigenvalue weighted by Gasteiger charge is 2.36. The third-order valence-corrected chi connectivity index (χ3v) is 5.78. The summed E-state index contributed by atoms with van der Waals surface area (Å²) in [4.78, 5) is 0. The van der Waals surface area contributed by atoms with E-state index in [1.54, 1.807) is 12.1 Å². The van der Waals surface area contributed by atoms with Crippen LogP contribution in [-0.4, -0.2) is 7.05 Å². The van der Waals surface area contributed by atoms with E-state index in [-0.39, 0.29) is 12.5 Å². The molecule has 0 spiro atoms. The minimum absolute atomic E-state index is 0.0232. The first-order chi connectivity index (χ1) is 13.3. The molecule has 28 heavy (non-hydrogen) atoms. The van der Waals surface area contributed by atoms with Crippen molar-refractivity contribution in [3.05, 3.63) is 58.1 Å². The molecule has 1 saturated carbocycles. The quantitative estimate of drug-likeness (QED) is 0.581. The fourth-order valence-electron chi connectivity index (χ4n) is 4.27. The van der Waals surface area contributed by atoms with Crippen LogP contribution in [0.5, 0.6) is 5.75 Å². The fraction of sp³-hybridized carbons (Fsp3) is 0.478. The zero-order valence-corrected chi connectivity index (χ0v) is 16.7. The number of halogens is 3. The van der Waals surface area contributed by atoms with Crippen LogP contribution < -0.4 is 10.1 Å². The molecule has 0 unspecified atom stereocenters. The summed E-state index contributed by atoms with van der Waals surface area (Å²) < 4.78 is 46.8. The van der Waals surface area contributed by atoms with Crippen molar-refractivity contribution in [1.82, 2.24) is 0 Å². The number of nitrogens with one attached hydrogen (secondary N) is 1. The molecular formula is C23H28F3NO. The molecule has 2 aromatic carbocycles. The molecule has 2 aromatic rings. The van der Waals surface area contributed by atoms with Crippen LogP contribution in [0, 0.1) is 6.92 Å². The number of rotatable bonds is 6. The summed E-state index contributed by atoms with van der Waals surface area (Å²) in [5.74, 6) is 0.735. The minimum Gasteiger partial charge on any atom is -0.489 e. The smallest absolute Gasteiger partial charge is 0.416 e. The maximum Gasteiger partial charge on any atom is 0.416 e. The number of anilines is 1. The second-order valence-electron chi connectivity index (χ2n) is 7.51. The summed E-state index contributed by atoms with van der Waals surface area (Å²) >= 11 is 0. The van der Waals surface area contributed by atoms with E-state index < -0.39 is 11.7 Å². The molecule has 3 rings (SSSR count). The normalized spacial score (nSPS) is 15.1. The average molecular weight is 391 g/mol.